The highest BCUT2D eigenvalue weighted by Crippen LogP contribution is 2.35. The molecule has 9 nitrogen and oxygen atoms in total. The van der Waals surface area contributed by atoms with Crippen LogP contribution in [0.5, 0.6) is 11.5 Å². The Hall–Kier alpha value is -3.69. The van der Waals surface area contributed by atoms with Crippen molar-refractivity contribution in [1.82, 2.24) is 10.1 Å². The van der Waals surface area contributed by atoms with E-state index in [0.29, 0.717) is 35.1 Å². The SMILES string of the molecule is COCC(=O)Nc1cc(Oc2ccc(C)c(NC(=O)CCCN(C)C)c2)cc(-c2c(C)noc2C)c1. The monoisotopic (exact) mass is 494 g/mol. The molecule has 0 bridgehead atoms. The number of aryl methyl sites for hydroxylation is 3. The molecule has 0 aliphatic carbocycles. The van der Waals surface area contributed by atoms with E-state index in [4.69, 9.17) is 14.0 Å². The number of anilines is 2. The number of amides is 2. The van der Waals surface area contributed by atoms with Crippen LogP contribution >= 0.6 is 0 Å². The minimum atomic E-state index is -0.283. The van der Waals surface area contributed by atoms with Gasteiger partial charge in [-0.3, -0.25) is 9.59 Å². The van der Waals surface area contributed by atoms with Crippen LogP contribution in [0.4, 0.5) is 11.4 Å². The summed E-state index contributed by atoms with van der Waals surface area (Å²) < 4.78 is 16.4. The van der Waals surface area contributed by atoms with Crippen molar-refractivity contribution in [3.63, 3.8) is 0 Å². The zero-order chi connectivity index (χ0) is 26.2. The lowest BCUT2D eigenvalue weighted by atomic mass is 10.0. The molecule has 2 amide bonds. The van der Waals surface area contributed by atoms with Crippen molar-refractivity contribution in [2.24, 2.45) is 0 Å². The zero-order valence-corrected chi connectivity index (χ0v) is 21.7. The molecule has 1 heterocycles. The molecule has 0 saturated heterocycles. The average Bonchev–Trinajstić information content (AvgIpc) is 3.13. The van der Waals surface area contributed by atoms with Crippen molar-refractivity contribution in [1.29, 1.82) is 0 Å². The van der Waals surface area contributed by atoms with Gasteiger partial charge in [-0.2, -0.15) is 0 Å². The summed E-state index contributed by atoms with van der Waals surface area (Å²) in [6, 6.07) is 11.0. The first-order chi connectivity index (χ1) is 17.2. The molecule has 36 heavy (non-hydrogen) atoms. The van der Waals surface area contributed by atoms with Crippen LogP contribution < -0.4 is 15.4 Å². The molecular formula is C27H34N4O5. The Morgan fingerprint density at radius 2 is 1.78 bits per heavy atom. The van der Waals surface area contributed by atoms with Gasteiger partial charge < -0.3 is 29.5 Å². The Kier molecular flexibility index (Phi) is 9.21. The molecule has 0 unspecified atom stereocenters. The predicted molar refractivity (Wildman–Crippen MR) is 140 cm³/mol. The third kappa shape index (κ3) is 7.40. The molecule has 0 atom stereocenters. The molecule has 1 aromatic heterocycles. The van der Waals surface area contributed by atoms with Crippen LogP contribution in [0.1, 0.15) is 29.9 Å². The van der Waals surface area contributed by atoms with Crippen molar-refractivity contribution in [2.75, 3.05) is 45.0 Å². The minimum Gasteiger partial charge on any atom is -0.457 e. The Labute approximate surface area is 211 Å². The van der Waals surface area contributed by atoms with Gasteiger partial charge in [0.1, 0.15) is 23.9 Å². The van der Waals surface area contributed by atoms with Crippen LogP contribution in [0.25, 0.3) is 11.1 Å². The Bertz CT molecular complexity index is 1200. The maximum Gasteiger partial charge on any atom is 0.250 e. The molecule has 0 spiro atoms. The van der Waals surface area contributed by atoms with Crippen molar-refractivity contribution in [3.8, 4) is 22.6 Å². The lowest BCUT2D eigenvalue weighted by Gasteiger charge is -2.14. The van der Waals surface area contributed by atoms with Crippen LogP contribution in [0.3, 0.4) is 0 Å². The standard InChI is InChI=1S/C27H34N4O5/c1-17-9-10-22(15-24(17)29-25(32)8-7-11-31(4)5)35-23-13-20(27-18(2)30-36-19(27)3)12-21(14-23)28-26(33)16-34-6/h9-10,12-15H,7-8,11,16H2,1-6H3,(H,28,33)(H,29,32). The number of carbonyl (C=O) groups excluding carboxylic acids is 2. The van der Waals surface area contributed by atoms with Crippen molar-refractivity contribution >= 4 is 23.2 Å². The summed E-state index contributed by atoms with van der Waals surface area (Å²) in [6.45, 7) is 6.40. The van der Waals surface area contributed by atoms with Crippen LogP contribution in [0.15, 0.2) is 40.9 Å². The number of nitrogens with zero attached hydrogens (tertiary/aromatic N) is 2. The van der Waals surface area contributed by atoms with Gasteiger partial charge in [0.2, 0.25) is 11.8 Å². The molecule has 0 aliphatic heterocycles. The summed E-state index contributed by atoms with van der Waals surface area (Å²) in [6.07, 6.45) is 1.22. The number of carbonyl (C=O) groups is 2. The van der Waals surface area contributed by atoms with Gasteiger partial charge in [0, 0.05) is 42.6 Å². The maximum absolute atomic E-state index is 12.4. The number of rotatable bonds is 11. The van der Waals surface area contributed by atoms with E-state index in [0.717, 1.165) is 35.3 Å². The van der Waals surface area contributed by atoms with E-state index >= 15 is 0 Å². The highest BCUT2D eigenvalue weighted by atomic mass is 16.5. The molecule has 3 rings (SSSR count). The molecule has 0 saturated carbocycles. The zero-order valence-electron chi connectivity index (χ0n) is 21.7. The van der Waals surface area contributed by atoms with Crippen LogP contribution in [-0.2, 0) is 14.3 Å². The third-order valence-corrected chi connectivity index (χ3v) is 5.52. The Balaban J connectivity index is 1.86. The lowest BCUT2D eigenvalue weighted by Crippen LogP contribution is -2.17. The highest BCUT2D eigenvalue weighted by molar-refractivity contribution is 5.93. The summed E-state index contributed by atoms with van der Waals surface area (Å²) in [5.74, 6) is 1.39. The molecule has 0 fully saturated rings. The van der Waals surface area contributed by atoms with Gasteiger partial charge in [0.25, 0.3) is 0 Å². The lowest BCUT2D eigenvalue weighted by molar-refractivity contribution is -0.119. The van der Waals surface area contributed by atoms with Crippen molar-refractivity contribution < 1.29 is 23.6 Å². The van der Waals surface area contributed by atoms with E-state index in [1.54, 1.807) is 12.1 Å². The largest absolute Gasteiger partial charge is 0.457 e. The van der Waals surface area contributed by atoms with Gasteiger partial charge in [-0.25, -0.2) is 0 Å². The summed E-state index contributed by atoms with van der Waals surface area (Å²) >= 11 is 0. The summed E-state index contributed by atoms with van der Waals surface area (Å²) in [5, 5.41) is 9.85. The number of benzene rings is 2. The van der Waals surface area contributed by atoms with E-state index < -0.39 is 0 Å². The molecule has 0 radical (unpaired) electrons. The van der Waals surface area contributed by atoms with Gasteiger partial charge in [-0.1, -0.05) is 11.2 Å². The third-order valence-electron chi connectivity index (χ3n) is 5.52. The molecular weight excluding hydrogens is 460 g/mol. The van der Waals surface area contributed by atoms with Crippen molar-refractivity contribution in [2.45, 2.75) is 33.6 Å². The molecule has 9 heteroatoms. The van der Waals surface area contributed by atoms with Crippen molar-refractivity contribution in [3.05, 3.63) is 53.4 Å². The molecule has 192 valence electrons. The van der Waals surface area contributed by atoms with E-state index in [1.165, 1.54) is 7.11 Å². The summed E-state index contributed by atoms with van der Waals surface area (Å²) in [7, 11) is 5.43. The van der Waals surface area contributed by atoms with Gasteiger partial charge in [-0.15, -0.1) is 0 Å². The maximum atomic E-state index is 12.4. The van der Waals surface area contributed by atoms with Gasteiger partial charge >= 0.3 is 0 Å². The van der Waals surface area contributed by atoms with Crippen LogP contribution in [0, 0.1) is 20.8 Å². The summed E-state index contributed by atoms with van der Waals surface area (Å²) in [5.41, 5.74) is 4.52. The van der Waals surface area contributed by atoms with E-state index in [-0.39, 0.29) is 18.4 Å². The minimum absolute atomic E-state index is 0.0411. The van der Waals surface area contributed by atoms with E-state index in [2.05, 4.69) is 20.7 Å². The number of methoxy groups -OCH3 is 1. The molecule has 0 aliphatic rings. The number of hydrogen-bond donors (Lipinski definition) is 2. The molecule has 2 aromatic carbocycles. The second kappa shape index (κ2) is 12.3. The Morgan fingerprint density at radius 1 is 1.00 bits per heavy atom. The topological polar surface area (TPSA) is 106 Å². The smallest absolute Gasteiger partial charge is 0.250 e. The number of nitrogens with one attached hydrogen (secondary N) is 2. The van der Waals surface area contributed by atoms with Crippen LogP contribution in [-0.4, -0.2) is 56.2 Å². The second-order valence-corrected chi connectivity index (χ2v) is 8.96. The Morgan fingerprint density at radius 3 is 2.44 bits per heavy atom. The second-order valence-electron chi connectivity index (χ2n) is 8.96. The number of aromatic nitrogens is 1. The first kappa shape index (κ1) is 26.9. The van der Waals surface area contributed by atoms with Gasteiger partial charge in [0.05, 0.1) is 5.69 Å². The van der Waals surface area contributed by atoms with Crippen LogP contribution in [0.2, 0.25) is 0 Å². The predicted octanol–water partition coefficient (Wildman–Crippen LogP) is 4.92. The molecule has 2 N–H and O–H groups in total. The quantitative estimate of drug-likeness (QED) is 0.390. The molecule has 3 aromatic rings. The fourth-order valence-corrected chi connectivity index (χ4v) is 3.80. The fourth-order valence-electron chi connectivity index (χ4n) is 3.80. The number of ether oxygens (including phenoxy) is 2. The van der Waals surface area contributed by atoms with E-state index in [1.807, 2.05) is 59.1 Å². The summed E-state index contributed by atoms with van der Waals surface area (Å²) in [4.78, 5) is 26.6. The number of hydrogen-bond acceptors (Lipinski definition) is 7. The fraction of sp³-hybridized carbons (Fsp3) is 0.370. The highest BCUT2D eigenvalue weighted by Gasteiger charge is 2.15. The van der Waals surface area contributed by atoms with E-state index in [9.17, 15) is 9.59 Å². The van der Waals surface area contributed by atoms with Gasteiger partial charge in [-0.05, 0) is 77.2 Å². The first-order valence-electron chi connectivity index (χ1n) is 11.8. The van der Waals surface area contributed by atoms with Gasteiger partial charge in [0.15, 0.2) is 0 Å². The first-order valence-corrected chi connectivity index (χ1v) is 11.8. The normalized spacial score (nSPS) is 11.0. The average molecular weight is 495 g/mol.